The summed E-state index contributed by atoms with van der Waals surface area (Å²) in [6.07, 6.45) is 6.02. The zero-order valence-electron chi connectivity index (χ0n) is 13.2. The van der Waals surface area contributed by atoms with E-state index >= 15 is 0 Å². The molecule has 1 fully saturated rings. The van der Waals surface area contributed by atoms with Gasteiger partial charge in [0.05, 0.1) is 19.3 Å². The van der Waals surface area contributed by atoms with Crippen LogP contribution in [-0.4, -0.2) is 21.9 Å². The van der Waals surface area contributed by atoms with E-state index < -0.39 is 0 Å². The van der Waals surface area contributed by atoms with Crippen LogP contribution in [0.3, 0.4) is 0 Å². The Kier molecular flexibility index (Phi) is 3.28. The Bertz CT molecular complexity index is 703. The molecule has 2 aliphatic carbocycles. The van der Waals surface area contributed by atoms with Crippen LogP contribution in [0.5, 0.6) is 5.75 Å². The molecule has 1 saturated carbocycles. The Labute approximate surface area is 130 Å². The maximum Gasteiger partial charge on any atom is 0.152 e. The van der Waals surface area contributed by atoms with Crippen molar-refractivity contribution in [1.29, 1.82) is 0 Å². The van der Waals surface area contributed by atoms with Crippen molar-refractivity contribution in [3.8, 4) is 5.75 Å². The number of fused-ring (bicyclic) bond motifs is 1. The lowest BCUT2D eigenvalue weighted by molar-refractivity contribution is 0.416. The van der Waals surface area contributed by atoms with Gasteiger partial charge in [0.15, 0.2) is 5.82 Å². The lowest BCUT2D eigenvalue weighted by atomic mass is 10.1. The summed E-state index contributed by atoms with van der Waals surface area (Å²) >= 11 is 0. The summed E-state index contributed by atoms with van der Waals surface area (Å²) in [5, 5.41) is 12.2. The topological polar surface area (TPSA) is 52.0 Å². The second-order valence-electron chi connectivity index (χ2n) is 6.30. The smallest absolute Gasteiger partial charge is 0.152 e. The number of methoxy groups -OCH3 is 1. The zero-order chi connectivity index (χ0) is 15.1. The highest BCUT2D eigenvalue weighted by atomic mass is 16.5. The van der Waals surface area contributed by atoms with Gasteiger partial charge >= 0.3 is 0 Å². The van der Waals surface area contributed by atoms with E-state index in [-0.39, 0.29) is 0 Å². The number of aromatic nitrogens is 3. The van der Waals surface area contributed by atoms with Gasteiger partial charge in [0.2, 0.25) is 0 Å². The van der Waals surface area contributed by atoms with Crippen molar-refractivity contribution in [2.75, 3.05) is 12.4 Å². The number of aryl methyl sites for hydroxylation is 1. The molecule has 22 heavy (non-hydrogen) atoms. The molecule has 0 bridgehead atoms. The van der Waals surface area contributed by atoms with E-state index in [0.29, 0.717) is 12.5 Å². The first-order valence-electron chi connectivity index (χ1n) is 8.08. The lowest BCUT2D eigenvalue weighted by Gasteiger charge is -2.15. The Hall–Kier alpha value is -2.04. The number of hydrogen-bond acceptors (Lipinski definition) is 4. The maximum absolute atomic E-state index is 5.54. The minimum atomic E-state index is 0.627. The van der Waals surface area contributed by atoms with Crippen molar-refractivity contribution in [2.24, 2.45) is 7.05 Å². The van der Waals surface area contributed by atoms with Gasteiger partial charge in [0.1, 0.15) is 11.6 Å². The van der Waals surface area contributed by atoms with Gasteiger partial charge < -0.3 is 14.6 Å². The van der Waals surface area contributed by atoms with Crippen LogP contribution in [0.25, 0.3) is 0 Å². The largest absolute Gasteiger partial charge is 0.495 e. The molecule has 5 nitrogen and oxygen atoms in total. The minimum Gasteiger partial charge on any atom is -0.495 e. The highest BCUT2D eigenvalue weighted by molar-refractivity contribution is 5.65. The number of anilines is 1. The molecular formula is C17H22N4O. The number of benzene rings is 1. The third-order valence-electron chi connectivity index (χ3n) is 4.83. The third kappa shape index (κ3) is 2.25. The summed E-state index contributed by atoms with van der Waals surface area (Å²) in [6.45, 7) is 0.684. The first-order chi connectivity index (χ1) is 10.8. The first-order valence-corrected chi connectivity index (χ1v) is 8.08. The van der Waals surface area contributed by atoms with Gasteiger partial charge in [0.25, 0.3) is 0 Å². The number of rotatable bonds is 5. The maximum atomic E-state index is 5.54. The van der Waals surface area contributed by atoms with Crippen molar-refractivity contribution in [3.05, 3.63) is 34.9 Å². The van der Waals surface area contributed by atoms with Gasteiger partial charge in [-0.25, -0.2) is 0 Å². The standard InChI is InChI=1S/C17H22N4O/c1-21-15(19-20-17(21)12-6-7-12)10-18-16-13-5-3-4-11(13)8-9-14(16)22-2/h8-9,12,18H,3-7,10H2,1-2H3. The number of ether oxygens (including phenoxy) is 1. The predicted octanol–water partition coefficient (Wildman–Crippen LogP) is 2.80. The van der Waals surface area contributed by atoms with Crippen molar-refractivity contribution >= 4 is 5.69 Å². The molecule has 5 heteroatoms. The fourth-order valence-electron chi connectivity index (χ4n) is 3.40. The average Bonchev–Trinajstić information content (AvgIpc) is 3.14. The first kappa shape index (κ1) is 13.6. The Morgan fingerprint density at radius 1 is 1.27 bits per heavy atom. The van der Waals surface area contributed by atoms with Gasteiger partial charge in [0, 0.05) is 13.0 Å². The summed E-state index contributed by atoms with van der Waals surface area (Å²) in [5.41, 5.74) is 3.98. The predicted molar refractivity (Wildman–Crippen MR) is 85.3 cm³/mol. The van der Waals surface area contributed by atoms with Crippen molar-refractivity contribution < 1.29 is 4.74 Å². The molecule has 1 aromatic carbocycles. The average molecular weight is 298 g/mol. The van der Waals surface area contributed by atoms with Crippen LogP contribution >= 0.6 is 0 Å². The fourth-order valence-corrected chi connectivity index (χ4v) is 3.40. The Morgan fingerprint density at radius 3 is 2.91 bits per heavy atom. The monoisotopic (exact) mass is 298 g/mol. The second kappa shape index (κ2) is 5.30. The van der Waals surface area contributed by atoms with Gasteiger partial charge in [-0.05, 0) is 49.3 Å². The molecule has 4 rings (SSSR count). The van der Waals surface area contributed by atoms with Crippen LogP contribution in [0.2, 0.25) is 0 Å². The summed E-state index contributed by atoms with van der Waals surface area (Å²) in [6, 6.07) is 4.26. The van der Waals surface area contributed by atoms with Crippen LogP contribution < -0.4 is 10.1 Å². The minimum absolute atomic E-state index is 0.627. The summed E-state index contributed by atoms with van der Waals surface area (Å²) in [4.78, 5) is 0. The highest BCUT2D eigenvalue weighted by Crippen LogP contribution is 2.39. The van der Waals surface area contributed by atoms with E-state index in [1.165, 1.54) is 36.8 Å². The van der Waals surface area contributed by atoms with E-state index in [1.807, 2.05) is 0 Å². The summed E-state index contributed by atoms with van der Waals surface area (Å²) < 4.78 is 7.68. The molecule has 2 aromatic rings. The summed E-state index contributed by atoms with van der Waals surface area (Å²) in [7, 11) is 3.80. The molecule has 0 saturated heterocycles. The molecule has 0 unspecified atom stereocenters. The quantitative estimate of drug-likeness (QED) is 0.922. The lowest BCUT2D eigenvalue weighted by Crippen LogP contribution is -2.09. The molecule has 0 atom stereocenters. The molecule has 0 aliphatic heterocycles. The van der Waals surface area contributed by atoms with E-state index in [4.69, 9.17) is 4.74 Å². The zero-order valence-corrected chi connectivity index (χ0v) is 13.2. The van der Waals surface area contributed by atoms with Crippen LogP contribution in [0.4, 0.5) is 5.69 Å². The van der Waals surface area contributed by atoms with Crippen LogP contribution in [0, 0.1) is 0 Å². The molecule has 0 amide bonds. The van der Waals surface area contributed by atoms with E-state index in [1.54, 1.807) is 7.11 Å². The Morgan fingerprint density at radius 2 is 2.14 bits per heavy atom. The van der Waals surface area contributed by atoms with E-state index in [9.17, 15) is 0 Å². The van der Waals surface area contributed by atoms with Gasteiger partial charge in [-0.2, -0.15) is 0 Å². The third-order valence-corrected chi connectivity index (χ3v) is 4.83. The van der Waals surface area contributed by atoms with Crippen LogP contribution in [0.1, 0.15) is 48.0 Å². The molecule has 116 valence electrons. The van der Waals surface area contributed by atoms with Crippen LogP contribution in [0.15, 0.2) is 12.1 Å². The SMILES string of the molecule is COc1ccc2c(c1NCc1nnc(C3CC3)n1C)CCC2. The van der Waals surface area contributed by atoms with Crippen LogP contribution in [-0.2, 0) is 26.4 Å². The van der Waals surface area contributed by atoms with Crippen molar-refractivity contribution in [2.45, 2.75) is 44.6 Å². The number of hydrogen-bond donors (Lipinski definition) is 1. The summed E-state index contributed by atoms with van der Waals surface area (Å²) in [5.74, 6) is 3.66. The van der Waals surface area contributed by atoms with Gasteiger partial charge in [-0.15, -0.1) is 10.2 Å². The molecular weight excluding hydrogens is 276 g/mol. The Balaban J connectivity index is 1.58. The van der Waals surface area contributed by atoms with Crippen molar-refractivity contribution in [1.82, 2.24) is 14.8 Å². The highest BCUT2D eigenvalue weighted by Gasteiger charge is 2.29. The van der Waals surface area contributed by atoms with Gasteiger partial charge in [-0.1, -0.05) is 6.07 Å². The molecule has 1 heterocycles. The molecule has 1 aromatic heterocycles. The molecule has 0 spiro atoms. The van der Waals surface area contributed by atoms with Gasteiger partial charge in [-0.3, -0.25) is 0 Å². The fraction of sp³-hybridized carbons (Fsp3) is 0.529. The second-order valence-corrected chi connectivity index (χ2v) is 6.30. The molecule has 1 N–H and O–H groups in total. The molecule has 0 radical (unpaired) electrons. The number of nitrogens with one attached hydrogen (secondary N) is 1. The van der Waals surface area contributed by atoms with E-state index in [0.717, 1.165) is 29.5 Å². The molecule has 2 aliphatic rings. The van der Waals surface area contributed by atoms with E-state index in [2.05, 4.69) is 39.3 Å². The number of nitrogens with zero attached hydrogens (tertiary/aromatic N) is 3. The van der Waals surface area contributed by atoms with Crippen molar-refractivity contribution in [3.63, 3.8) is 0 Å². The normalized spacial score (nSPS) is 16.6.